The molecule has 0 aromatic heterocycles. The van der Waals surface area contributed by atoms with Crippen molar-refractivity contribution >= 4 is 28.3 Å². The summed E-state index contributed by atoms with van der Waals surface area (Å²) in [4.78, 5) is 25.8. The van der Waals surface area contributed by atoms with E-state index in [4.69, 9.17) is 4.74 Å². The molecular formula is C21H19NO3. The molecule has 0 heterocycles. The van der Waals surface area contributed by atoms with Crippen molar-refractivity contribution in [3.8, 4) is 0 Å². The molecule has 1 amide bonds. The molecule has 0 aliphatic rings. The summed E-state index contributed by atoms with van der Waals surface area (Å²) in [6.45, 7) is 1.53. The Kier molecular flexibility index (Phi) is 5.09. The van der Waals surface area contributed by atoms with Crippen LogP contribution in [0.2, 0.25) is 0 Å². The molecule has 0 aliphatic carbocycles. The van der Waals surface area contributed by atoms with E-state index >= 15 is 0 Å². The van der Waals surface area contributed by atoms with Crippen molar-refractivity contribution in [2.24, 2.45) is 0 Å². The topological polar surface area (TPSA) is 46.6 Å². The quantitative estimate of drug-likeness (QED) is 0.665. The molecule has 0 spiro atoms. The number of amides is 1. The van der Waals surface area contributed by atoms with Gasteiger partial charge in [-0.1, -0.05) is 66.7 Å². The lowest BCUT2D eigenvalue weighted by atomic mass is 10.1. The monoisotopic (exact) mass is 333 g/mol. The van der Waals surface area contributed by atoms with Crippen molar-refractivity contribution < 1.29 is 14.3 Å². The Balaban J connectivity index is 1.77. The van der Waals surface area contributed by atoms with Crippen LogP contribution in [0.5, 0.6) is 0 Å². The van der Waals surface area contributed by atoms with Crippen molar-refractivity contribution in [1.29, 1.82) is 0 Å². The lowest BCUT2D eigenvalue weighted by Crippen LogP contribution is -2.35. The maximum atomic E-state index is 12.2. The third-order valence-electron chi connectivity index (χ3n) is 3.97. The molecule has 4 heteroatoms. The van der Waals surface area contributed by atoms with Crippen molar-refractivity contribution in [3.63, 3.8) is 0 Å². The minimum atomic E-state index is -0.438. The summed E-state index contributed by atoms with van der Waals surface area (Å²) in [5.41, 5.74) is 1.62. The van der Waals surface area contributed by atoms with E-state index in [2.05, 4.69) is 0 Å². The van der Waals surface area contributed by atoms with Gasteiger partial charge >= 0.3 is 5.97 Å². The van der Waals surface area contributed by atoms with E-state index in [-0.39, 0.29) is 19.1 Å². The predicted octanol–water partition coefficient (Wildman–Crippen LogP) is 3.94. The predicted molar refractivity (Wildman–Crippen MR) is 98.2 cm³/mol. The Hall–Kier alpha value is -3.14. The Labute approximate surface area is 146 Å². The zero-order valence-corrected chi connectivity index (χ0v) is 14.0. The van der Waals surface area contributed by atoms with E-state index in [1.807, 2.05) is 72.8 Å². The van der Waals surface area contributed by atoms with Crippen LogP contribution in [0.1, 0.15) is 12.5 Å². The van der Waals surface area contributed by atoms with Crippen LogP contribution in [0.4, 0.5) is 5.69 Å². The van der Waals surface area contributed by atoms with E-state index in [0.29, 0.717) is 5.69 Å². The molecule has 3 aromatic carbocycles. The average Bonchev–Trinajstić information content (AvgIpc) is 2.65. The van der Waals surface area contributed by atoms with Crippen LogP contribution < -0.4 is 4.90 Å². The van der Waals surface area contributed by atoms with Crippen LogP contribution in [0, 0.1) is 0 Å². The van der Waals surface area contributed by atoms with Gasteiger partial charge in [0.15, 0.2) is 0 Å². The number of hydrogen-bond donors (Lipinski definition) is 0. The van der Waals surface area contributed by atoms with Gasteiger partial charge in [-0.15, -0.1) is 0 Å². The van der Waals surface area contributed by atoms with Crippen LogP contribution in [0.15, 0.2) is 72.8 Å². The number of anilines is 1. The fraction of sp³-hybridized carbons (Fsp3) is 0.143. The van der Waals surface area contributed by atoms with Crippen LogP contribution in [0.3, 0.4) is 0 Å². The zero-order valence-electron chi connectivity index (χ0n) is 14.0. The van der Waals surface area contributed by atoms with E-state index in [1.165, 1.54) is 11.8 Å². The number of carbonyl (C=O) groups excluding carboxylic acids is 2. The van der Waals surface area contributed by atoms with Gasteiger partial charge in [0.1, 0.15) is 13.2 Å². The van der Waals surface area contributed by atoms with Gasteiger partial charge in [-0.25, -0.2) is 0 Å². The zero-order chi connectivity index (χ0) is 17.6. The summed E-state index contributed by atoms with van der Waals surface area (Å²) in [7, 11) is 0. The van der Waals surface area contributed by atoms with Gasteiger partial charge in [-0.2, -0.15) is 0 Å². The van der Waals surface area contributed by atoms with Gasteiger partial charge in [-0.05, 0) is 17.0 Å². The number of ether oxygens (including phenoxy) is 1. The Bertz CT molecular complexity index is 885. The maximum Gasteiger partial charge on any atom is 0.326 e. The number of esters is 1. The van der Waals surface area contributed by atoms with Gasteiger partial charge in [-0.3, -0.25) is 9.59 Å². The van der Waals surface area contributed by atoms with Crippen molar-refractivity contribution in [2.45, 2.75) is 13.5 Å². The average molecular weight is 333 g/mol. The number of fused-ring (bicyclic) bond motifs is 1. The van der Waals surface area contributed by atoms with Crippen molar-refractivity contribution in [3.05, 3.63) is 78.4 Å². The van der Waals surface area contributed by atoms with Crippen molar-refractivity contribution in [2.75, 3.05) is 11.4 Å². The first-order chi connectivity index (χ1) is 12.1. The minimum absolute atomic E-state index is 0.115. The number of rotatable bonds is 5. The smallest absolute Gasteiger partial charge is 0.326 e. The largest absolute Gasteiger partial charge is 0.459 e. The van der Waals surface area contributed by atoms with Crippen molar-refractivity contribution in [1.82, 2.24) is 0 Å². The first-order valence-electron chi connectivity index (χ1n) is 8.10. The third kappa shape index (κ3) is 4.04. The first kappa shape index (κ1) is 16.7. The van der Waals surface area contributed by atoms with Crippen LogP contribution >= 0.6 is 0 Å². The molecule has 0 N–H and O–H groups in total. The number of nitrogens with zero attached hydrogens (tertiary/aromatic N) is 1. The lowest BCUT2D eigenvalue weighted by molar-refractivity contribution is -0.144. The van der Waals surface area contributed by atoms with E-state index < -0.39 is 5.97 Å². The second kappa shape index (κ2) is 7.62. The number of hydrogen-bond acceptors (Lipinski definition) is 3. The molecule has 0 bridgehead atoms. The molecule has 0 aliphatic heterocycles. The molecule has 25 heavy (non-hydrogen) atoms. The molecule has 0 fully saturated rings. The fourth-order valence-corrected chi connectivity index (χ4v) is 2.72. The second-order valence-corrected chi connectivity index (χ2v) is 5.75. The fourth-order valence-electron chi connectivity index (χ4n) is 2.72. The number of benzene rings is 3. The van der Waals surface area contributed by atoms with E-state index in [0.717, 1.165) is 16.3 Å². The summed E-state index contributed by atoms with van der Waals surface area (Å²) in [5.74, 6) is -0.639. The molecule has 126 valence electrons. The standard InChI is InChI=1S/C21H19NO3/c1-16(23)22(14-21(24)25-15-17-8-3-2-4-9-17)20-13-7-11-18-10-5-6-12-19(18)20/h2-13H,14-15H2,1H3. The highest BCUT2D eigenvalue weighted by molar-refractivity contribution is 6.05. The van der Waals surface area contributed by atoms with Crippen LogP contribution in [0.25, 0.3) is 10.8 Å². The van der Waals surface area contributed by atoms with Gasteiger partial charge < -0.3 is 9.64 Å². The normalized spacial score (nSPS) is 10.4. The van der Waals surface area contributed by atoms with E-state index in [1.54, 1.807) is 0 Å². The molecule has 0 saturated carbocycles. The van der Waals surface area contributed by atoms with Gasteiger partial charge in [0.25, 0.3) is 0 Å². The molecule has 3 aromatic rings. The highest BCUT2D eigenvalue weighted by Gasteiger charge is 2.18. The molecule has 0 unspecified atom stereocenters. The molecule has 0 radical (unpaired) electrons. The molecule has 3 rings (SSSR count). The van der Waals surface area contributed by atoms with E-state index in [9.17, 15) is 9.59 Å². The van der Waals surface area contributed by atoms with Gasteiger partial charge in [0, 0.05) is 12.3 Å². The highest BCUT2D eigenvalue weighted by atomic mass is 16.5. The molecule has 0 saturated heterocycles. The summed E-state index contributed by atoms with van der Waals surface area (Å²) >= 11 is 0. The second-order valence-electron chi connectivity index (χ2n) is 5.75. The van der Waals surface area contributed by atoms with Crippen LogP contribution in [-0.2, 0) is 20.9 Å². The number of carbonyl (C=O) groups is 2. The summed E-state index contributed by atoms with van der Waals surface area (Å²) in [5, 5.41) is 1.94. The van der Waals surface area contributed by atoms with Gasteiger partial charge in [0.05, 0.1) is 5.69 Å². The highest BCUT2D eigenvalue weighted by Crippen LogP contribution is 2.26. The maximum absolute atomic E-state index is 12.2. The molecular weight excluding hydrogens is 314 g/mol. The Morgan fingerprint density at radius 2 is 1.56 bits per heavy atom. The Morgan fingerprint density at radius 3 is 2.32 bits per heavy atom. The molecule has 4 nitrogen and oxygen atoms in total. The lowest BCUT2D eigenvalue weighted by Gasteiger charge is -2.22. The van der Waals surface area contributed by atoms with Crippen LogP contribution in [-0.4, -0.2) is 18.4 Å². The van der Waals surface area contributed by atoms with Gasteiger partial charge in [0.2, 0.25) is 5.91 Å². The Morgan fingerprint density at radius 1 is 0.880 bits per heavy atom. The molecule has 0 atom stereocenters. The SMILES string of the molecule is CC(=O)N(CC(=O)OCc1ccccc1)c1cccc2ccccc12. The summed E-state index contributed by atoms with van der Waals surface area (Å²) in [6, 6.07) is 22.9. The third-order valence-corrected chi connectivity index (χ3v) is 3.97. The summed E-state index contributed by atoms with van der Waals surface area (Å²) < 4.78 is 5.31. The summed E-state index contributed by atoms with van der Waals surface area (Å²) in [6.07, 6.45) is 0. The minimum Gasteiger partial charge on any atom is -0.459 e. The first-order valence-corrected chi connectivity index (χ1v) is 8.10.